The molecule has 0 spiro atoms. The lowest BCUT2D eigenvalue weighted by Crippen LogP contribution is -2.39. The molecule has 2 aliphatic rings. The summed E-state index contributed by atoms with van der Waals surface area (Å²) in [6, 6.07) is 0. The number of fused-ring (bicyclic) bond motifs is 1. The van der Waals surface area contributed by atoms with Crippen LogP contribution in [-0.4, -0.2) is 30.4 Å². The van der Waals surface area contributed by atoms with Gasteiger partial charge >= 0.3 is 0 Å². The predicted molar refractivity (Wildman–Crippen MR) is 64.8 cm³/mol. The van der Waals surface area contributed by atoms with E-state index in [9.17, 15) is 4.79 Å². The summed E-state index contributed by atoms with van der Waals surface area (Å²) in [6.45, 7) is 6.51. The third kappa shape index (κ3) is 2.40. The topological polar surface area (TPSA) is 46.3 Å². The molecule has 0 aliphatic heterocycles. The summed E-state index contributed by atoms with van der Waals surface area (Å²) < 4.78 is 0. The smallest absolute Gasteiger partial charge is 0.225 e. The molecule has 0 heterocycles. The molecule has 0 aromatic carbocycles. The Hall–Kier alpha value is -0.570. The van der Waals surface area contributed by atoms with Gasteiger partial charge in [-0.3, -0.25) is 4.79 Å². The molecule has 1 amide bonds. The van der Waals surface area contributed by atoms with Gasteiger partial charge in [-0.2, -0.15) is 0 Å². The Labute approximate surface area is 98.4 Å². The lowest BCUT2D eigenvalue weighted by atomic mass is 10.0. The third-order valence-corrected chi connectivity index (χ3v) is 4.22. The van der Waals surface area contributed by atoms with E-state index < -0.39 is 0 Å². The summed E-state index contributed by atoms with van der Waals surface area (Å²) in [5.74, 6) is 2.91. The van der Waals surface area contributed by atoms with Gasteiger partial charge in [-0.15, -0.1) is 0 Å². The molecule has 0 saturated heterocycles. The van der Waals surface area contributed by atoms with Gasteiger partial charge < -0.3 is 10.6 Å². The molecule has 3 atom stereocenters. The zero-order chi connectivity index (χ0) is 11.7. The number of carbonyl (C=O) groups excluding carboxylic acids is 1. The van der Waals surface area contributed by atoms with Gasteiger partial charge in [0.25, 0.3) is 0 Å². The molecule has 0 radical (unpaired) electrons. The highest BCUT2D eigenvalue weighted by atomic mass is 16.2. The van der Waals surface area contributed by atoms with Crippen LogP contribution < -0.4 is 5.73 Å². The Morgan fingerprint density at radius 3 is 2.50 bits per heavy atom. The predicted octanol–water partition coefficient (Wildman–Crippen LogP) is 1.48. The number of nitrogens with zero attached hydrogens (tertiary/aromatic N) is 1. The zero-order valence-electron chi connectivity index (χ0n) is 10.5. The van der Waals surface area contributed by atoms with Crippen LogP contribution in [0.25, 0.3) is 0 Å². The average molecular weight is 224 g/mol. The molecule has 2 N–H and O–H groups in total. The van der Waals surface area contributed by atoms with E-state index in [-0.39, 0.29) is 0 Å². The van der Waals surface area contributed by atoms with E-state index in [0.717, 1.165) is 37.8 Å². The van der Waals surface area contributed by atoms with E-state index in [0.29, 0.717) is 24.3 Å². The molecule has 0 aromatic heterocycles. The van der Waals surface area contributed by atoms with Crippen LogP contribution in [-0.2, 0) is 4.79 Å². The molecule has 3 nitrogen and oxygen atoms in total. The number of nitrogens with two attached hydrogens (primary N) is 1. The first-order valence-corrected chi connectivity index (χ1v) is 6.64. The molecule has 0 aromatic rings. The van der Waals surface area contributed by atoms with Crippen molar-refractivity contribution in [2.75, 3.05) is 19.6 Å². The van der Waals surface area contributed by atoms with Gasteiger partial charge in [0.2, 0.25) is 5.91 Å². The number of hydrogen-bond acceptors (Lipinski definition) is 2. The SMILES string of the molecule is CCN(CC(C)CN)C(=O)C1CC2CC2C1. The van der Waals surface area contributed by atoms with Crippen LogP contribution in [0, 0.1) is 23.7 Å². The molecular formula is C13H24N2O. The quantitative estimate of drug-likeness (QED) is 0.769. The molecule has 2 aliphatic carbocycles. The molecular weight excluding hydrogens is 200 g/mol. The van der Waals surface area contributed by atoms with Gasteiger partial charge in [-0.25, -0.2) is 0 Å². The summed E-state index contributed by atoms with van der Waals surface area (Å²) >= 11 is 0. The maximum Gasteiger partial charge on any atom is 0.225 e. The molecule has 16 heavy (non-hydrogen) atoms. The highest BCUT2D eigenvalue weighted by Crippen LogP contribution is 2.54. The van der Waals surface area contributed by atoms with Crippen molar-refractivity contribution in [3.63, 3.8) is 0 Å². The number of carbonyl (C=O) groups is 1. The molecule has 3 heteroatoms. The zero-order valence-corrected chi connectivity index (χ0v) is 10.5. The molecule has 2 rings (SSSR count). The van der Waals surface area contributed by atoms with Gasteiger partial charge in [0.05, 0.1) is 0 Å². The van der Waals surface area contributed by atoms with Crippen LogP contribution in [0.3, 0.4) is 0 Å². The first kappa shape index (κ1) is 11.9. The van der Waals surface area contributed by atoms with E-state index in [1.165, 1.54) is 6.42 Å². The maximum absolute atomic E-state index is 12.3. The Bertz CT molecular complexity index is 257. The Morgan fingerprint density at radius 1 is 1.38 bits per heavy atom. The lowest BCUT2D eigenvalue weighted by Gasteiger charge is -2.27. The van der Waals surface area contributed by atoms with E-state index in [4.69, 9.17) is 5.73 Å². The minimum absolute atomic E-state index is 0.327. The molecule has 0 bridgehead atoms. The minimum atomic E-state index is 0.327. The fraction of sp³-hybridized carbons (Fsp3) is 0.923. The highest BCUT2D eigenvalue weighted by Gasteiger charge is 2.48. The van der Waals surface area contributed by atoms with E-state index >= 15 is 0 Å². The van der Waals surface area contributed by atoms with Crippen molar-refractivity contribution in [1.82, 2.24) is 4.90 Å². The molecule has 3 unspecified atom stereocenters. The van der Waals surface area contributed by atoms with Crippen LogP contribution in [0.2, 0.25) is 0 Å². The molecule has 92 valence electrons. The summed E-state index contributed by atoms with van der Waals surface area (Å²) in [4.78, 5) is 14.3. The monoisotopic (exact) mass is 224 g/mol. The summed E-state index contributed by atoms with van der Waals surface area (Å²) in [5, 5.41) is 0. The normalized spacial score (nSPS) is 33.3. The summed E-state index contributed by atoms with van der Waals surface area (Å²) in [6.07, 6.45) is 3.68. The second-order valence-corrected chi connectivity index (χ2v) is 5.64. The summed E-state index contributed by atoms with van der Waals surface area (Å²) in [7, 11) is 0. The summed E-state index contributed by atoms with van der Waals surface area (Å²) in [5.41, 5.74) is 5.62. The van der Waals surface area contributed by atoms with E-state index in [1.54, 1.807) is 0 Å². The van der Waals surface area contributed by atoms with Crippen molar-refractivity contribution in [1.29, 1.82) is 0 Å². The van der Waals surface area contributed by atoms with Gasteiger partial charge in [-0.1, -0.05) is 6.92 Å². The number of hydrogen-bond donors (Lipinski definition) is 1. The number of rotatable bonds is 5. The van der Waals surface area contributed by atoms with Crippen molar-refractivity contribution in [3.05, 3.63) is 0 Å². The average Bonchev–Trinajstić information content (AvgIpc) is 2.91. The second kappa shape index (κ2) is 4.74. The Morgan fingerprint density at radius 2 is 2.00 bits per heavy atom. The van der Waals surface area contributed by atoms with Gasteiger partial charge in [0.1, 0.15) is 0 Å². The maximum atomic E-state index is 12.3. The van der Waals surface area contributed by atoms with Crippen LogP contribution in [0.4, 0.5) is 0 Å². The van der Waals surface area contributed by atoms with Crippen molar-refractivity contribution in [2.45, 2.75) is 33.1 Å². The van der Waals surface area contributed by atoms with Gasteiger partial charge in [0.15, 0.2) is 0 Å². The first-order chi connectivity index (χ1) is 7.65. The fourth-order valence-corrected chi connectivity index (χ4v) is 3.00. The third-order valence-electron chi connectivity index (χ3n) is 4.22. The van der Waals surface area contributed by atoms with Crippen LogP contribution in [0.1, 0.15) is 33.1 Å². The van der Waals surface area contributed by atoms with E-state index in [1.807, 2.05) is 4.90 Å². The van der Waals surface area contributed by atoms with Crippen LogP contribution in [0.5, 0.6) is 0 Å². The van der Waals surface area contributed by atoms with Gasteiger partial charge in [0, 0.05) is 19.0 Å². The number of amides is 1. The van der Waals surface area contributed by atoms with Crippen molar-refractivity contribution >= 4 is 5.91 Å². The first-order valence-electron chi connectivity index (χ1n) is 6.64. The van der Waals surface area contributed by atoms with Crippen molar-refractivity contribution in [3.8, 4) is 0 Å². The largest absolute Gasteiger partial charge is 0.342 e. The minimum Gasteiger partial charge on any atom is -0.342 e. The van der Waals surface area contributed by atoms with Gasteiger partial charge in [-0.05, 0) is 50.5 Å². The van der Waals surface area contributed by atoms with Crippen molar-refractivity contribution in [2.24, 2.45) is 29.4 Å². The highest BCUT2D eigenvalue weighted by molar-refractivity contribution is 5.79. The standard InChI is InChI=1S/C13H24N2O/c1-3-15(8-9(2)7-14)13(16)12-5-10-4-11(10)6-12/h9-12H,3-8,14H2,1-2H3. The van der Waals surface area contributed by atoms with E-state index in [2.05, 4.69) is 13.8 Å². The molecule has 2 fully saturated rings. The molecule has 2 saturated carbocycles. The Kier molecular flexibility index (Phi) is 3.53. The second-order valence-electron chi connectivity index (χ2n) is 5.64. The van der Waals surface area contributed by atoms with Crippen LogP contribution in [0.15, 0.2) is 0 Å². The Balaban J connectivity index is 1.85. The van der Waals surface area contributed by atoms with Crippen molar-refractivity contribution < 1.29 is 4.79 Å². The van der Waals surface area contributed by atoms with Crippen LogP contribution >= 0.6 is 0 Å². The lowest BCUT2D eigenvalue weighted by molar-refractivity contribution is -0.136. The fourth-order valence-electron chi connectivity index (χ4n) is 3.00.